The number of nitriles is 1. The lowest BCUT2D eigenvalue weighted by molar-refractivity contribution is -0.121. The van der Waals surface area contributed by atoms with Gasteiger partial charge >= 0.3 is 0 Å². The lowest BCUT2D eigenvalue weighted by Crippen LogP contribution is -2.26. The number of fused-ring (bicyclic) bond motifs is 1. The average molecular weight is 324 g/mol. The molecule has 0 aliphatic heterocycles. The largest absolute Gasteiger partial charge is 0.350 e. The summed E-state index contributed by atoms with van der Waals surface area (Å²) in [5.74, 6) is -0.106. The molecule has 114 valence electrons. The Morgan fingerprint density at radius 3 is 2.65 bits per heavy atom. The van der Waals surface area contributed by atoms with Crippen LogP contribution in [0.2, 0.25) is 5.02 Å². The molecular weight excluding hydrogens is 310 g/mol. The van der Waals surface area contributed by atoms with E-state index in [9.17, 15) is 10.1 Å². The van der Waals surface area contributed by atoms with Crippen molar-refractivity contribution in [1.29, 1.82) is 5.26 Å². The number of carbonyl (C=O) groups excluding carboxylic acids is 1. The van der Waals surface area contributed by atoms with Crippen molar-refractivity contribution in [3.63, 3.8) is 0 Å². The maximum atomic E-state index is 12.2. The molecule has 1 amide bonds. The smallest absolute Gasteiger partial charge is 0.240 e. The Morgan fingerprint density at radius 1 is 1.17 bits per heavy atom. The van der Waals surface area contributed by atoms with Crippen LogP contribution >= 0.6 is 11.6 Å². The summed E-state index contributed by atoms with van der Waals surface area (Å²) in [4.78, 5) is 12.2. The van der Waals surface area contributed by atoms with Gasteiger partial charge in [0.2, 0.25) is 5.91 Å². The molecule has 1 heterocycles. The molecule has 3 aromatic rings. The van der Waals surface area contributed by atoms with Crippen molar-refractivity contribution in [1.82, 2.24) is 9.88 Å². The lowest BCUT2D eigenvalue weighted by Gasteiger charge is -2.07. The molecule has 0 bridgehead atoms. The minimum absolute atomic E-state index is 0.106. The Morgan fingerprint density at radius 2 is 1.91 bits per heavy atom. The fraction of sp³-hybridized carbons (Fsp3) is 0.111. The maximum Gasteiger partial charge on any atom is 0.240 e. The number of para-hydroxylation sites is 1. The van der Waals surface area contributed by atoms with Crippen molar-refractivity contribution in [2.45, 2.75) is 13.1 Å². The normalized spacial score (nSPS) is 10.4. The van der Waals surface area contributed by atoms with Gasteiger partial charge in [-0.15, -0.1) is 0 Å². The number of nitrogens with one attached hydrogen (secondary N) is 1. The third-order valence-electron chi connectivity index (χ3n) is 3.63. The minimum atomic E-state index is -0.106. The molecule has 0 atom stereocenters. The fourth-order valence-electron chi connectivity index (χ4n) is 2.48. The van der Waals surface area contributed by atoms with Crippen LogP contribution in [-0.2, 0) is 17.9 Å². The predicted molar refractivity (Wildman–Crippen MR) is 90.0 cm³/mol. The quantitative estimate of drug-likeness (QED) is 0.799. The SMILES string of the molecule is N#Cc1cn(CC(=O)NCc2ccc(Cl)cc2)c2ccccc12. The third kappa shape index (κ3) is 3.36. The highest BCUT2D eigenvalue weighted by molar-refractivity contribution is 6.30. The molecule has 0 aliphatic rings. The summed E-state index contributed by atoms with van der Waals surface area (Å²) in [5, 5.41) is 13.6. The molecule has 5 heteroatoms. The second-order valence-corrected chi connectivity index (χ2v) is 5.64. The van der Waals surface area contributed by atoms with Crippen molar-refractivity contribution in [2.24, 2.45) is 0 Å². The second kappa shape index (κ2) is 6.55. The molecule has 0 saturated heterocycles. The van der Waals surface area contributed by atoms with Crippen LogP contribution in [0.3, 0.4) is 0 Å². The number of carbonyl (C=O) groups is 1. The monoisotopic (exact) mass is 323 g/mol. The van der Waals surface area contributed by atoms with Gasteiger partial charge in [-0.1, -0.05) is 41.9 Å². The highest BCUT2D eigenvalue weighted by atomic mass is 35.5. The van der Waals surface area contributed by atoms with E-state index in [0.717, 1.165) is 16.5 Å². The zero-order chi connectivity index (χ0) is 16.2. The van der Waals surface area contributed by atoms with Crippen LogP contribution in [0.1, 0.15) is 11.1 Å². The Kier molecular flexibility index (Phi) is 4.31. The molecule has 0 radical (unpaired) electrons. The number of amides is 1. The third-order valence-corrected chi connectivity index (χ3v) is 3.88. The number of rotatable bonds is 4. The Labute approximate surface area is 138 Å². The van der Waals surface area contributed by atoms with Gasteiger partial charge in [-0.3, -0.25) is 4.79 Å². The van der Waals surface area contributed by atoms with Gasteiger partial charge in [-0.2, -0.15) is 5.26 Å². The van der Waals surface area contributed by atoms with Crippen molar-refractivity contribution >= 4 is 28.4 Å². The van der Waals surface area contributed by atoms with Gasteiger partial charge in [0.05, 0.1) is 5.56 Å². The van der Waals surface area contributed by atoms with Crippen molar-refractivity contribution in [2.75, 3.05) is 0 Å². The van der Waals surface area contributed by atoms with Gasteiger partial charge in [0.25, 0.3) is 0 Å². The number of halogens is 1. The van der Waals surface area contributed by atoms with Gasteiger partial charge in [-0.05, 0) is 23.8 Å². The van der Waals surface area contributed by atoms with Crippen molar-refractivity contribution < 1.29 is 4.79 Å². The summed E-state index contributed by atoms with van der Waals surface area (Å²) in [6.45, 7) is 0.621. The molecule has 0 saturated carbocycles. The maximum absolute atomic E-state index is 12.2. The number of aromatic nitrogens is 1. The standard InChI is InChI=1S/C18H14ClN3O/c19-15-7-5-13(6-8-15)10-21-18(23)12-22-11-14(9-20)16-3-1-2-4-17(16)22/h1-8,11H,10,12H2,(H,21,23). The van der Waals surface area contributed by atoms with Gasteiger partial charge in [0.1, 0.15) is 12.6 Å². The molecule has 1 aromatic heterocycles. The molecule has 0 unspecified atom stereocenters. The van der Waals surface area contributed by atoms with E-state index in [1.807, 2.05) is 36.4 Å². The summed E-state index contributed by atoms with van der Waals surface area (Å²) in [5.41, 5.74) is 2.44. The Balaban J connectivity index is 1.71. The number of nitrogens with zero attached hydrogens (tertiary/aromatic N) is 2. The van der Waals surface area contributed by atoms with Gasteiger partial charge in [0, 0.05) is 28.7 Å². The van der Waals surface area contributed by atoms with E-state index in [2.05, 4.69) is 11.4 Å². The lowest BCUT2D eigenvalue weighted by atomic mass is 10.2. The average Bonchev–Trinajstić information content (AvgIpc) is 2.92. The van der Waals surface area contributed by atoms with E-state index in [-0.39, 0.29) is 12.5 Å². The zero-order valence-corrected chi connectivity index (χ0v) is 13.0. The number of benzene rings is 2. The number of hydrogen-bond acceptors (Lipinski definition) is 2. The summed E-state index contributed by atoms with van der Waals surface area (Å²) in [7, 11) is 0. The molecule has 3 rings (SSSR count). The first kappa shape index (κ1) is 15.1. The van der Waals surface area contributed by atoms with E-state index in [1.54, 1.807) is 22.9 Å². The summed E-state index contributed by atoms with van der Waals surface area (Å²) in [6.07, 6.45) is 1.71. The highest BCUT2D eigenvalue weighted by Crippen LogP contribution is 2.20. The Hall–Kier alpha value is -2.77. The van der Waals surface area contributed by atoms with Crippen LogP contribution < -0.4 is 5.32 Å². The van der Waals surface area contributed by atoms with Gasteiger partial charge in [-0.25, -0.2) is 0 Å². The summed E-state index contributed by atoms with van der Waals surface area (Å²) in [6, 6.07) is 17.1. The first-order chi connectivity index (χ1) is 11.2. The summed E-state index contributed by atoms with van der Waals surface area (Å²) >= 11 is 5.84. The van der Waals surface area contributed by atoms with Crippen LogP contribution in [0.5, 0.6) is 0 Å². The van der Waals surface area contributed by atoms with E-state index in [1.165, 1.54) is 0 Å². The topological polar surface area (TPSA) is 57.8 Å². The molecular formula is C18H14ClN3O. The minimum Gasteiger partial charge on any atom is -0.350 e. The molecule has 0 fully saturated rings. The number of hydrogen-bond donors (Lipinski definition) is 1. The van der Waals surface area contributed by atoms with Crippen LogP contribution in [0.25, 0.3) is 10.9 Å². The molecule has 4 nitrogen and oxygen atoms in total. The fourth-order valence-corrected chi connectivity index (χ4v) is 2.61. The van der Waals surface area contributed by atoms with Gasteiger partial charge < -0.3 is 9.88 Å². The molecule has 2 aromatic carbocycles. The van der Waals surface area contributed by atoms with Crippen molar-refractivity contribution in [3.05, 3.63) is 70.9 Å². The van der Waals surface area contributed by atoms with Crippen LogP contribution in [-0.4, -0.2) is 10.5 Å². The summed E-state index contributed by atoms with van der Waals surface area (Å²) < 4.78 is 1.80. The van der Waals surface area contributed by atoms with E-state index in [0.29, 0.717) is 17.1 Å². The predicted octanol–water partition coefficient (Wildman–Crippen LogP) is 3.48. The molecule has 0 aliphatic carbocycles. The zero-order valence-electron chi connectivity index (χ0n) is 12.3. The molecule has 1 N–H and O–H groups in total. The Bertz CT molecular complexity index is 891. The van der Waals surface area contributed by atoms with Crippen LogP contribution in [0.15, 0.2) is 54.7 Å². The second-order valence-electron chi connectivity index (χ2n) is 5.20. The first-order valence-electron chi connectivity index (χ1n) is 7.16. The van der Waals surface area contributed by atoms with Crippen molar-refractivity contribution in [3.8, 4) is 6.07 Å². The van der Waals surface area contributed by atoms with E-state index < -0.39 is 0 Å². The molecule has 0 spiro atoms. The first-order valence-corrected chi connectivity index (χ1v) is 7.54. The van der Waals surface area contributed by atoms with Gasteiger partial charge in [0.15, 0.2) is 0 Å². The van der Waals surface area contributed by atoms with E-state index in [4.69, 9.17) is 11.6 Å². The van der Waals surface area contributed by atoms with Crippen LogP contribution in [0.4, 0.5) is 0 Å². The van der Waals surface area contributed by atoms with E-state index >= 15 is 0 Å². The molecule has 23 heavy (non-hydrogen) atoms. The highest BCUT2D eigenvalue weighted by Gasteiger charge is 2.10. The van der Waals surface area contributed by atoms with Crippen LogP contribution in [0, 0.1) is 11.3 Å².